The fraction of sp³-hybridized carbons (Fsp3) is 0.500. The Kier molecular flexibility index (Phi) is 3.87. The van der Waals surface area contributed by atoms with E-state index in [1.54, 1.807) is 0 Å². The molecule has 0 amide bonds. The second-order valence-corrected chi connectivity index (χ2v) is 4.67. The first-order valence-electron chi connectivity index (χ1n) is 6.14. The molecule has 3 heteroatoms. The normalized spacial score (nSPS) is 21.3. The van der Waals surface area contributed by atoms with Gasteiger partial charge < -0.3 is 0 Å². The maximum atomic E-state index is 13.5. The summed E-state index contributed by atoms with van der Waals surface area (Å²) in [5.74, 6) is -1.13. The summed E-state index contributed by atoms with van der Waals surface area (Å²) in [4.78, 5) is 11.8. The number of ketones is 1. The summed E-state index contributed by atoms with van der Waals surface area (Å²) < 4.78 is 27.0. The second kappa shape index (κ2) is 5.39. The lowest BCUT2D eigenvalue weighted by Gasteiger charge is -2.13. The van der Waals surface area contributed by atoms with E-state index in [4.69, 9.17) is 0 Å². The lowest BCUT2D eigenvalue weighted by atomic mass is 9.91. The van der Waals surface area contributed by atoms with Crippen molar-refractivity contribution in [3.8, 4) is 0 Å². The Morgan fingerprint density at radius 1 is 1.12 bits per heavy atom. The average Bonchev–Trinajstić information content (AvgIpc) is 2.49. The summed E-state index contributed by atoms with van der Waals surface area (Å²) in [7, 11) is 0. The van der Waals surface area contributed by atoms with Gasteiger partial charge in [0.15, 0.2) is 0 Å². The number of rotatable bonds is 2. The molecule has 17 heavy (non-hydrogen) atoms. The van der Waals surface area contributed by atoms with Crippen LogP contribution in [0.3, 0.4) is 0 Å². The summed E-state index contributed by atoms with van der Waals surface area (Å²) in [5, 5.41) is 0. The van der Waals surface area contributed by atoms with Crippen molar-refractivity contribution in [3.63, 3.8) is 0 Å². The molecule has 1 aliphatic carbocycles. The van der Waals surface area contributed by atoms with Gasteiger partial charge in [-0.3, -0.25) is 4.79 Å². The molecule has 0 aromatic heterocycles. The summed E-state index contributed by atoms with van der Waals surface area (Å²) in [6.07, 6.45) is 4.45. The van der Waals surface area contributed by atoms with E-state index in [0.29, 0.717) is 6.42 Å². The molecule has 1 aliphatic rings. The first-order valence-corrected chi connectivity index (χ1v) is 6.14. The van der Waals surface area contributed by atoms with Crippen molar-refractivity contribution >= 4 is 5.78 Å². The minimum absolute atomic E-state index is 0.0627. The molecular weight excluding hydrogens is 222 g/mol. The van der Waals surface area contributed by atoms with E-state index in [1.165, 1.54) is 18.2 Å². The van der Waals surface area contributed by atoms with Crippen LogP contribution in [0, 0.1) is 17.6 Å². The van der Waals surface area contributed by atoms with Crippen molar-refractivity contribution in [2.24, 2.45) is 5.92 Å². The van der Waals surface area contributed by atoms with Crippen LogP contribution in [0.4, 0.5) is 8.78 Å². The van der Waals surface area contributed by atoms with Crippen LogP contribution in [-0.2, 0) is 11.2 Å². The molecule has 92 valence electrons. The fourth-order valence-corrected chi connectivity index (χ4v) is 2.42. The third-order valence-corrected chi connectivity index (χ3v) is 3.44. The molecule has 1 saturated carbocycles. The maximum absolute atomic E-state index is 13.5. The van der Waals surface area contributed by atoms with Crippen LogP contribution in [0.5, 0.6) is 0 Å². The van der Waals surface area contributed by atoms with Gasteiger partial charge in [0.1, 0.15) is 17.4 Å². The van der Waals surface area contributed by atoms with Crippen molar-refractivity contribution < 1.29 is 13.6 Å². The van der Waals surface area contributed by atoms with Crippen LogP contribution >= 0.6 is 0 Å². The van der Waals surface area contributed by atoms with E-state index in [-0.39, 0.29) is 23.7 Å². The highest BCUT2D eigenvalue weighted by molar-refractivity contribution is 5.81. The SMILES string of the molecule is O=C1CCCCCC1Cc1c(F)cccc1F. The van der Waals surface area contributed by atoms with Gasteiger partial charge in [-0.15, -0.1) is 0 Å². The topological polar surface area (TPSA) is 17.1 Å². The van der Waals surface area contributed by atoms with Crippen LogP contribution in [0.2, 0.25) is 0 Å². The lowest BCUT2D eigenvalue weighted by molar-refractivity contribution is -0.122. The molecule has 1 fully saturated rings. The molecule has 1 unspecified atom stereocenters. The number of halogens is 2. The van der Waals surface area contributed by atoms with Crippen LogP contribution in [0.25, 0.3) is 0 Å². The molecule has 0 N–H and O–H groups in total. The molecule has 1 aromatic carbocycles. The quantitative estimate of drug-likeness (QED) is 0.719. The first-order chi connectivity index (χ1) is 8.18. The van der Waals surface area contributed by atoms with Crippen molar-refractivity contribution in [1.82, 2.24) is 0 Å². The molecule has 0 bridgehead atoms. The zero-order valence-corrected chi connectivity index (χ0v) is 9.72. The van der Waals surface area contributed by atoms with Gasteiger partial charge in [-0.05, 0) is 31.4 Å². The van der Waals surface area contributed by atoms with Gasteiger partial charge in [-0.25, -0.2) is 8.78 Å². The highest BCUT2D eigenvalue weighted by Crippen LogP contribution is 2.25. The van der Waals surface area contributed by atoms with E-state index in [1.807, 2.05) is 0 Å². The van der Waals surface area contributed by atoms with Crippen LogP contribution in [0.1, 0.15) is 37.7 Å². The van der Waals surface area contributed by atoms with Gasteiger partial charge in [0, 0.05) is 17.9 Å². The Bertz CT molecular complexity index is 394. The molecule has 1 nitrogen and oxygen atoms in total. The Hall–Kier alpha value is -1.25. The highest BCUT2D eigenvalue weighted by atomic mass is 19.1. The molecule has 0 spiro atoms. The zero-order chi connectivity index (χ0) is 12.3. The number of Topliss-reactive ketones (excluding diaryl/α,β-unsaturated/α-hetero) is 1. The van der Waals surface area contributed by atoms with E-state index in [9.17, 15) is 13.6 Å². The Morgan fingerprint density at radius 2 is 1.82 bits per heavy atom. The minimum Gasteiger partial charge on any atom is -0.299 e. The number of hydrogen-bond donors (Lipinski definition) is 0. The van der Waals surface area contributed by atoms with Gasteiger partial charge in [0.2, 0.25) is 0 Å². The Morgan fingerprint density at radius 3 is 2.53 bits per heavy atom. The van der Waals surface area contributed by atoms with Crippen molar-refractivity contribution in [1.29, 1.82) is 0 Å². The summed E-state index contributed by atoms with van der Waals surface area (Å²) in [6.45, 7) is 0. The van der Waals surface area contributed by atoms with E-state index >= 15 is 0 Å². The number of benzene rings is 1. The van der Waals surface area contributed by atoms with Crippen molar-refractivity contribution in [3.05, 3.63) is 35.4 Å². The molecule has 2 rings (SSSR count). The van der Waals surface area contributed by atoms with Gasteiger partial charge in [-0.1, -0.05) is 18.9 Å². The highest BCUT2D eigenvalue weighted by Gasteiger charge is 2.23. The predicted molar refractivity (Wildman–Crippen MR) is 61.6 cm³/mol. The zero-order valence-electron chi connectivity index (χ0n) is 9.72. The summed E-state index contributed by atoms with van der Waals surface area (Å²) in [6, 6.07) is 3.85. The first kappa shape index (κ1) is 12.2. The Balaban J connectivity index is 2.16. The predicted octanol–water partition coefficient (Wildman–Crippen LogP) is 3.66. The minimum atomic E-state index is -0.540. The van der Waals surface area contributed by atoms with Gasteiger partial charge >= 0.3 is 0 Å². The maximum Gasteiger partial charge on any atom is 0.136 e. The smallest absolute Gasteiger partial charge is 0.136 e. The number of carbonyl (C=O) groups excluding carboxylic acids is 1. The second-order valence-electron chi connectivity index (χ2n) is 4.67. The monoisotopic (exact) mass is 238 g/mol. The molecule has 0 heterocycles. The van der Waals surface area contributed by atoms with Gasteiger partial charge in [0.05, 0.1) is 0 Å². The lowest BCUT2D eigenvalue weighted by Crippen LogP contribution is -2.16. The molecule has 0 radical (unpaired) electrons. The number of hydrogen-bond acceptors (Lipinski definition) is 1. The standard InChI is InChI=1S/C14H16F2O/c15-12-6-4-7-13(16)11(12)9-10-5-2-1-3-8-14(10)17/h4,6-7,10H,1-3,5,8-9H2. The average molecular weight is 238 g/mol. The van der Waals surface area contributed by atoms with Crippen LogP contribution in [0.15, 0.2) is 18.2 Å². The Labute approximate surface area is 99.8 Å². The van der Waals surface area contributed by atoms with Gasteiger partial charge in [-0.2, -0.15) is 0 Å². The molecule has 1 aromatic rings. The van der Waals surface area contributed by atoms with Gasteiger partial charge in [0.25, 0.3) is 0 Å². The molecule has 0 aliphatic heterocycles. The molecule has 1 atom stereocenters. The van der Waals surface area contributed by atoms with E-state index in [2.05, 4.69) is 0 Å². The summed E-state index contributed by atoms with van der Waals surface area (Å²) in [5.41, 5.74) is 0.0627. The largest absolute Gasteiger partial charge is 0.299 e. The summed E-state index contributed by atoms with van der Waals surface area (Å²) >= 11 is 0. The third kappa shape index (κ3) is 2.90. The molecule has 0 saturated heterocycles. The van der Waals surface area contributed by atoms with Crippen molar-refractivity contribution in [2.45, 2.75) is 38.5 Å². The van der Waals surface area contributed by atoms with Crippen LogP contribution in [-0.4, -0.2) is 5.78 Å². The van der Waals surface area contributed by atoms with Crippen LogP contribution < -0.4 is 0 Å². The van der Waals surface area contributed by atoms with E-state index in [0.717, 1.165) is 25.7 Å². The van der Waals surface area contributed by atoms with Crippen molar-refractivity contribution in [2.75, 3.05) is 0 Å². The molecular formula is C14H16F2O. The van der Waals surface area contributed by atoms with E-state index < -0.39 is 11.6 Å². The number of carbonyl (C=O) groups is 1. The fourth-order valence-electron chi connectivity index (χ4n) is 2.42. The third-order valence-electron chi connectivity index (χ3n) is 3.44.